The van der Waals surface area contributed by atoms with Gasteiger partial charge in [-0.25, -0.2) is 13.2 Å². The minimum atomic E-state index is -1.29. The maximum absolute atomic E-state index is 13.5. The maximum Gasteiger partial charge on any atom is 0.229 e. The molecule has 2 unspecified atom stereocenters. The van der Waals surface area contributed by atoms with Crippen LogP contribution in [-0.4, -0.2) is 11.9 Å². The summed E-state index contributed by atoms with van der Waals surface area (Å²) >= 11 is 0. The molecule has 1 aromatic carbocycles. The lowest BCUT2D eigenvalue weighted by molar-refractivity contribution is -0.120. The van der Waals surface area contributed by atoms with E-state index in [-0.39, 0.29) is 11.7 Å². The summed E-state index contributed by atoms with van der Waals surface area (Å²) in [5, 5.41) is 2.31. The van der Waals surface area contributed by atoms with E-state index in [9.17, 15) is 18.0 Å². The Balaban J connectivity index is 2.12. The highest BCUT2D eigenvalue weighted by Crippen LogP contribution is 2.25. The minimum absolute atomic E-state index is 0.286. The molecule has 1 aliphatic rings. The van der Waals surface area contributed by atoms with Crippen LogP contribution < -0.4 is 11.1 Å². The smallest absolute Gasteiger partial charge is 0.229 e. The van der Waals surface area contributed by atoms with Crippen molar-refractivity contribution in [2.75, 3.05) is 5.32 Å². The number of carbonyl (C=O) groups is 1. The van der Waals surface area contributed by atoms with E-state index in [0.29, 0.717) is 18.6 Å². The van der Waals surface area contributed by atoms with Crippen LogP contribution in [0, 0.1) is 23.4 Å². The number of hydrogen-bond donors (Lipinski definition) is 2. The Morgan fingerprint density at radius 1 is 1.05 bits per heavy atom. The molecule has 1 amide bonds. The number of nitrogens with one attached hydrogen (secondary N) is 1. The van der Waals surface area contributed by atoms with Crippen LogP contribution >= 0.6 is 0 Å². The van der Waals surface area contributed by atoms with E-state index in [2.05, 4.69) is 5.32 Å². The topological polar surface area (TPSA) is 55.1 Å². The zero-order valence-electron chi connectivity index (χ0n) is 11.0. The highest BCUT2D eigenvalue weighted by molar-refractivity contribution is 5.93. The third-order valence-electron chi connectivity index (χ3n) is 3.67. The third-order valence-corrected chi connectivity index (χ3v) is 3.67. The number of halogens is 3. The second kappa shape index (κ2) is 6.26. The van der Waals surface area contributed by atoms with Crippen molar-refractivity contribution in [3.8, 4) is 0 Å². The van der Waals surface area contributed by atoms with Crippen molar-refractivity contribution in [3.63, 3.8) is 0 Å². The molecule has 0 bridgehead atoms. The largest absolute Gasteiger partial charge is 0.327 e. The monoisotopic (exact) mass is 286 g/mol. The standard InChI is InChI=1S/C14H17F3N2O/c15-9-6-11(17)13(7-10(9)16)19-14(20)8-4-2-1-3-5-12(8)18/h6-8,12H,1-5,18H2,(H,19,20). The molecule has 1 aliphatic carbocycles. The lowest BCUT2D eigenvalue weighted by Gasteiger charge is -2.20. The van der Waals surface area contributed by atoms with Crippen LogP contribution in [0.4, 0.5) is 18.9 Å². The van der Waals surface area contributed by atoms with Gasteiger partial charge in [0, 0.05) is 18.2 Å². The van der Waals surface area contributed by atoms with Crippen molar-refractivity contribution in [1.29, 1.82) is 0 Å². The molecule has 6 heteroatoms. The number of benzene rings is 1. The van der Waals surface area contributed by atoms with Gasteiger partial charge in [-0.3, -0.25) is 4.79 Å². The average molecular weight is 286 g/mol. The van der Waals surface area contributed by atoms with E-state index in [1.807, 2.05) is 0 Å². The van der Waals surface area contributed by atoms with Crippen molar-refractivity contribution in [2.24, 2.45) is 11.7 Å². The number of hydrogen-bond acceptors (Lipinski definition) is 2. The second-order valence-corrected chi connectivity index (χ2v) is 5.14. The van der Waals surface area contributed by atoms with Crippen LogP contribution in [0.25, 0.3) is 0 Å². The van der Waals surface area contributed by atoms with Crippen LogP contribution in [0.1, 0.15) is 32.1 Å². The van der Waals surface area contributed by atoms with Crippen LogP contribution in [-0.2, 0) is 4.79 Å². The summed E-state index contributed by atoms with van der Waals surface area (Å²) in [4.78, 5) is 12.1. The molecule has 0 saturated heterocycles. The Morgan fingerprint density at radius 3 is 2.45 bits per heavy atom. The molecule has 1 aromatic rings. The molecule has 2 rings (SSSR count). The highest BCUT2D eigenvalue weighted by atomic mass is 19.2. The first-order valence-electron chi connectivity index (χ1n) is 6.70. The zero-order chi connectivity index (χ0) is 14.7. The van der Waals surface area contributed by atoms with Gasteiger partial charge in [-0.05, 0) is 12.8 Å². The number of nitrogens with two attached hydrogens (primary N) is 1. The first kappa shape index (κ1) is 14.8. The van der Waals surface area contributed by atoms with Gasteiger partial charge in [0.1, 0.15) is 5.82 Å². The predicted octanol–water partition coefficient (Wildman–Crippen LogP) is 2.95. The average Bonchev–Trinajstić information content (AvgIpc) is 2.60. The van der Waals surface area contributed by atoms with E-state index in [4.69, 9.17) is 5.73 Å². The summed E-state index contributed by atoms with van der Waals surface area (Å²) in [7, 11) is 0. The molecular formula is C14H17F3N2O. The van der Waals surface area contributed by atoms with Gasteiger partial charge in [0.25, 0.3) is 0 Å². The van der Waals surface area contributed by atoms with Gasteiger partial charge in [-0.2, -0.15) is 0 Å². The zero-order valence-corrected chi connectivity index (χ0v) is 11.0. The molecule has 3 N–H and O–H groups in total. The van der Waals surface area contributed by atoms with Gasteiger partial charge in [-0.15, -0.1) is 0 Å². The molecular weight excluding hydrogens is 269 g/mol. The lowest BCUT2D eigenvalue weighted by Crippen LogP contribution is -2.38. The molecule has 0 aliphatic heterocycles. The summed E-state index contributed by atoms with van der Waals surface area (Å²) in [6, 6.07) is 0.772. The van der Waals surface area contributed by atoms with Crippen LogP contribution in [0.2, 0.25) is 0 Å². The van der Waals surface area contributed by atoms with E-state index in [1.54, 1.807) is 0 Å². The fraction of sp³-hybridized carbons (Fsp3) is 0.500. The number of amides is 1. The Morgan fingerprint density at radius 2 is 1.70 bits per heavy atom. The maximum atomic E-state index is 13.5. The Labute approximate surface area is 115 Å². The molecule has 0 radical (unpaired) electrons. The molecule has 0 spiro atoms. The van der Waals surface area contributed by atoms with Gasteiger partial charge in [0.05, 0.1) is 11.6 Å². The van der Waals surface area contributed by atoms with Gasteiger partial charge in [0.2, 0.25) is 5.91 Å². The van der Waals surface area contributed by atoms with E-state index < -0.39 is 29.3 Å². The Hall–Kier alpha value is -1.56. The van der Waals surface area contributed by atoms with Crippen molar-refractivity contribution in [3.05, 3.63) is 29.6 Å². The summed E-state index contributed by atoms with van der Waals surface area (Å²) in [6.07, 6.45) is 4.21. The minimum Gasteiger partial charge on any atom is -0.327 e. The first-order valence-corrected chi connectivity index (χ1v) is 6.70. The Kier molecular flexibility index (Phi) is 4.65. The van der Waals surface area contributed by atoms with Gasteiger partial charge < -0.3 is 11.1 Å². The predicted molar refractivity (Wildman–Crippen MR) is 69.5 cm³/mol. The normalized spacial score (nSPS) is 23.2. The second-order valence-electron chi connectivity index (χ2n) is 5.14. The van der Waals surface area contributed by atoms with Crippen molar-refractivity contribution in [1.82, 2.24) is 0 Å². The van der Waals surface area contributed by atoms with Crippen molar-refractivity contribution >= 4 is 11.6 Å². The molecule has 3 nitrogen and oxygen atoms in total. The van der Waals surface area contributed by atoms with Gasteiger partial charge in [-0.1, -0.05) is 19.3 Å². The van der Waals surface area contributed by atoms with E-state index in [0.717, 1.165) is 25.7 Å². The molecule has 1 saturated carbocycles. The molecule has 1 fully saturated rings. The van der Waals surface area contributed by atoms with E-state index in [1.165, 1.54) is 0 Å². The number of carbonyl (C=O) groups excluding carboxylic acids is 1. The third kappa shape index (κ3) is 3.30. The molecule has 0 heterocycles. The van der Waals surface area contributed by atoms with Crippen LogP contribution in [0.3, 0.4) is 0 Å². The van der Waals surface area contributed by atoms with Crippen molar-refractivity contribution in [2.45, 2.75) is 38.1 Å². The molecule has 2 atom stereocenters. The summed E-state index contributed by atoms with van der Waals surface area (Å²) in [5.74, 6) is -4.35. The van der Waals surface area contributed by atoms with Crippen molar-refractivity contribution < 1.29 is 18.0 Å². The summed E-state index contributed by atoms with van der Waals surface area (Å²) in [5.41, 5.74) is 5.58. The number of anilines is 1. The van der Waals surface area contributed by atoms with Gasteiger partial charge >= 0.3 is 0 Å². The fourth-order valence-corrected chi connectivity index (χ4v) is 2.51. The summed E-state index contributed by atoms with van der Waals surface area (Å²) in [6.45, 7) is 0. The molecule has 0 aromatic heterocycles. The quantitative estimate of drug-likeness (QED) is 0.648. The molecule has 20 heavy (non-hydrogen) atoms. The van der Waals surface area contributed by atoms with E-state index >= 15 is 0 Å². The van der Waals surface area contributed by atoms with Crippen LogP contribution in [0.15, 0.2) is 12.1 Å². The van der Waals surface area contributed by atoms with Gasteiger partial charge in [0.15, 0.2) is 11.6 Å². The Bertz CT molecular complexity index is 507. The number of rotatable bonds is 2. The molecule has 110 valence electrons. The highest BCUT2D eigenvalue weighted by Gasteiger charge is 2.27. The lowest BCUT2D eigenvalue weighted by atomic mass is 9.94. The first-order chi connectivity index (χ1) is 9.49. The fourth-order valence-electron chi connectivity index (χ4n) is 2.51. The SMILES string of the molecule is NC1CCCCCC1C(=O)Nc1cc(F)c(F)cc1F. The summed E-state index contributed by atoms with van der Waals surface area (Å²) < 4.78 is 39.4. The van der Waals surface area contributed by atoms with Crippen LogP contribution in [0.5, 0.6) is 0 Å².